The van der Waals surface area contributed by atoms with Gasteiger partial charge in [0.2, 0.25) is 0 Å². The summed E-state index contributed by atoms with van der Waals surface area (Å²) in [5, 5.41) is 2.92. The van der Waals surface area contributed by atoms with Crippen LogP contribution in [0.4, 0.5) is 4.39 Å². The molecule has 1 amide bonds. The van der Waals surface area contributed by atoms with Crippen molar-refractivity contribution in [3.05, 3.63) is 101 Å². The smallest absolute Gasteiger partial charge is 0.251 e. The van der Waals surface area contributed by atoms with Crippen LogP contribution in [0.1, 0.15) is 27.0 Å². The fraction of sp³-hybridized carbons (Fsp3) is 0.136. The van der Waals surface area contributed by atoms with E-state index in [1.54, 1.807) is 12.1 Å². The second kappa shape index (κ2) is 8.30. The molecule has 0 fully saturated rings. The number of ether oxygens (including phenoxy) is 1. The second-order valence-corrected chi connectivity index (χ2v) is 6.06. The van der Waals surface area contributed by atoms with Crippen molar-refractivity contribution < 1.29 is 13.9 Å². The average Bonchev–Trinajstić information content (AvgIpc) is 2.67. The van der Waals surface area contributed by atoms with Gasteiger partial charge in [-0.25, -0.2) is 4.39 Å². The SMILES string of the molecule is Cc1ccccc1C(=O)NCc1ccc(OCc2ccc(F)cc2)cc1. The quantitative estimate of drug-likeness (QED) is 0.704. The molecular weight excluding hydrogens is 329 g/mol. The van der Waals surface area contributed by atoms with Gasteiger partial charge in [0.15, 0.2) is 0 Å². The zero-order valence-corrected chi connectivity index (χ0v) is 14.5. The van der Waals surface area contributed by atoms with E-state index < -0.39 is 0 Å². The highest BCUT2D eigenvalue weighted by Gasteiger charge is 2.07. The molecule has 26 heavy (non-hydrogen) atoms. The van der Waals surface area contributed by atoms with E-state index >= 15 is 0 Å². The number of carbonyl (C=O) groups is 1. The van der Waals surface area contributed by atoms with E-state index in [1.165, 1.54) is 12.1 Å². The molecule has 0 aliphatic carbocycles. The lowest BCUT2D eigenvalue weighted by Gasteiger charge is -2.09. The van der Waals surface area contributed by atoms with Crippen molar-refractivity contribution in [1.29, 1.82) is 0 Å². The van der Waals surface area contributed by atoms with Crippen molar-refractivity contribution in [2.24, 2.45) is 0 Å². The Labute approximate surface area is 152 Å². The zero-order chi connectivity index (χ0) is 18.4. The van der Waals surface area contributed by atoms with E-state index in [2.05, 4.69) is 5.32 Å². The highest BCUT2D eigenvalue weighted by atomic mass is 19.1. The van der Waals surface area contributed by atoms with Gasteiger partial charge in [0.1, 0.15) is 18.2 Å². The van der Waals surface area contributed by atoms with E-state index in [0.29, 0.717) is 18.7 Å². The molecule has 0 atom stereocenters. The van der Waals surface area contributed by atoms with E-state index in [4.69, 9.17) is 4.74 Å². The third kappa shape index (κ3) is 4.70. The summed E-state index contributed by atoms with van der Waals surface area (Å²) >= 11 is 0. The highest BCUT2D eigenvalue weighted by Crippen LogP contribution is 2.15. The van der Waals surface area contributed by atoms with Crippen LogP contribution in [0.5, 0.6) is 5.75 Å². The molecule has 0 aliphatic rings. The predicted molar refractivity (Wildman–Crippen MR) is 99.5 cm³/mol. The van der Waals surface area contributed by atoms with E-state index in [0.717, 1.165) is 22.4 Å². The molecule has 1 N–H and O–H groups in total. The molecule has 0 radical (unpaired) electrons. The van der Waals surface area contributed by atoms with Gasteiger partial charge in [0.05, 0.1) is 0 Å². The summed E-state index contributed by atoms with van der Waals surface area (Å²) in [6, 6.07) is 21.3. The van der Waals surface area contributed by atoms with Crippen LogP contribution < -0.4 is 10.1 Å². The maximum Gasteiger partial charge on any atom is 0.251 e. The Kier molecular flexibility index (Phi) is 5.64. The predicted octanol–water partition coefficient (Wildman–Crippen LogP) is 4.64. The summed E-state index contributed by atoms with van der Waals surface area (Å²) in [4.78, 5) is 12.2. The lowest BCUT2D eigenvalue weighted by atomic mass is 10.1. The minimum atomic E-state index is -0.258. The third-order valence-electron chi connectivity index (χ3n) is 4.08. The van der Waals surface area contributed by atoms with Crippen LogP contribution in [0.3, 0.4) is 0 Å². The number of hydrogen-bond donors (Lipinski definition) is 1. The molecule has 0 bridgehead atoms. The monoisotopic (exact) mass is 349 g/mol. The van der Waals surface area contributed by atoms with Crippen LogP contribution in [-0.2, 0) is 13.2 Å². The lowest BCUT2D eigenvalue weighted by molar-refractivity contribution is 0.0950. The summed E-state index contributed by atoms with van der Waals surface area (Å²) in [6.45, 7) is 2.75. The summed E-state index contributed by atoms with van der Waals surface area (Å²) < 4.78 is 18.6. The molecule has 3 nitrogen and oxygen atoms in total. The van der Waals surface area contributed by atoms with Crippen LogP contribution >= 0.6 is 0 Å². The summed E-state index contributed by atoms with van der Waals surface area (Å²) in [5.41, 5.74) is 3.53. The van der Waals surface area contributed by atoms with Gasteiger partial charge < -0.3 is 10.1 Å². The summed E-state index contributed by atoms with van der Waals surface area (Å²) in [6.07, 6.45) is 0. The van der Waals surface area contributed by atoms with Crippen molar-refractivity contribution in [2.75, 3.05) is 0 Å². The fourth-order valence-electron chi connectivity index (χ4n) is 2.56. The first-order valence-electron chi connectivity index (χ1n) is 8.42. The molecule has 3 aromatic rings. The summed E-state index contributed by atoms with van der Waals surface area (Å²) in [5.74, 6) is 0.383. The molecule has 4 heteroatoms. The number of aryl methyl sites for hydroxylation is 1. The number of hydrogen-bond acceptors (Lipinski definition) is 2. The Bertz CT molecular complexity index is 873. The van der Waals surface area contributed by atoms with Gasteiger partial charge in [-0.3, -0.25) is 4.79 Å². The first-order valence-corrected chi connectivity index (χ1v) is 8.42. The lowest BCUT2D eigenvalue weighted by Crippen LogP contribution is -2.23. The van der Waals surface area contributed by atoms with Gasteiger partial charge >= 0.3 is 0 Å². The van der Waals surface area contributed by atoms with E-state index in [1.807, 2.05) is 55.5 Å². The standard InChI is InChI=1S/C22H20FNO2/c1-16-4-2-3-5-21(16)22(25)24-14-17-8-12-20(13-9-17)26-15-18-6-10-19(23)11-7-18/h2-13H,14-15H2,1H3,(H,24,25). The van der Waals surface area contributed by atoms with Gasteiger partial charge in [-0.15, -0.1) is 0 Å². The second-order valence-electron chi connectivity index (χ2n) is 6.06. The van der Waals surface area contributed by atoms with Crippen molar-refractivity contribution in [3.63, 3.8) is 0 Å². The first-order chi connectivity index (χ1) is 12.6. The minimum Gasteiger partial charge on any atom is -0.489 e. The minimum absolute atomic E-state index is 0.0836. The van der Waals surface area contributed by atoms with Gasteiger partial charge in [-0.1, -0.05) is 42.5 Å². The molecule has 3 rings (SSSR count). The molecule has 0 unspecified atom stereocenters. The Balaban J connectivity index is 1.52. The Morgan fingerprint density at radius 3 is 2.27 bits per heavy atom. The molecule has 0 aromatic heterocycles. The number of carbonyl (C=O) groups excluding carboxylic acids is 1. The van der Waals surface area contributed by atoms with Gasteiger partial charge in [0.25, 0.3) is 5.91 Å². The van der Waals surface area contributed by atoms with Crippen molar-refractivity contribution >= 4 is 5.91 Å². The molecule has 0 aliphatic heterocycles. The van der Waals surface area contributed by atoms with Gasteiger partial charge in [-0.05, 0) is 53.9 Å². The molecular formula is C22H20FNO2. The van der Waals surface area contributed by atoms with E-state index in [9.17, 15) is 9.18 Å². The molecule has 0 spiro atoms. The fourth-order valence-corrected chi connectivity index (χ4v) is 2.56. The average molecular weight is 349 g/mol. The normalized spacial score (nSPS) is 10.4. The maximum absolute atomic E-state index is 12.9. The van der Waals surface area contributed by atoms with Crippen molar-refractivity contribution in [1.82, 2.24) is 5.32 Å². The number of halogens is 1. The van der Waals surface area contributed by atoms with E-state index in [-0.39, 0.29) is 11.7 Å². The first kappa shape index (κ1) is 17.7. The number of amides is 1. The Hall–Kier alpha value is -3.14. The van der Waals surface area contributed by atoms with Crippen LogP contribution in [0, 0.1) is 12.7 Å². The molecule has 0 saturated carbocycles. The largest absolute Gasteiger partial charge is 0.489 e. The van der Waals surface area contributed by atoms with Crippen LogP contribution in [-0.4, -0.2) is 5.91 Å². The van der Waals surface area contributed by atoms with Gasteiger partial charge in [0, 0.05) is 12.1 Å². The number of rotatable bonds is 6. The van der Waals surface area contributed by atoms with Crippen LogP contribution in [0.25, 0.3) is 0 Å². The zero-order valence-electron chi connectivity index (χ0n) is 14.5. The third-order valence-corrected chi connectivity index (χ3v) is 4.08. The Morgan fingerprint density at radius 1 is 0.923 bits per heavy atom. The maximum atomic E-state index is 12.9. The molecule has 0 heterocycles. The topological polar surface area (TPSA) is 38.3 Å². The number of benzene rings is 3. The van der Waals surface area contributed by atoms with Gasteiger partial charge in [-0.2, -0.15) is 0 Å². The molecule has 132 valence electrons. The van der Waals surface area contributed by atoms with Crippen LogP contribution in [0.2, 0.25) is 0 Å². The molecule has 3 aromatic carbocycles. The Morgan fingerprint density at radius 2 is 1.58 bits per heavy atom. The highest BCUT2D eigenvalue weighted by molar-refractivity contribution is 5.95. The summed E-state index contributed by atoms with van der Waals surface area (Å²) in [7, 11) is 0. The van der Waals surface area contributed by atoms with Crippen molar-refractivity contribution in [3.8, 4) is 5.75 Å². The number of nitrogens with one attached hydrogen (secondary N) is 1. The van der Waals surface area contributed by atoms with Crippen LogP contribution in [0.15, 0.2) is 72.8 Å². The van der Waals surface area contributed by atoms with Crippen molar-refractivity contribution in [2.45, 2.75) is 20.1 Å². The molecule has 0 saturated heterocycles.